The number of nitrogens with one attached hydrogen (secondary N) is 1. The van der Waals surface area contributed by atoms with Gasteiger partial charge in [-0.1, -0.05) is 18.2 Å². The fraction of sp³-hybridized carbons (Fsp3) is 0.455. The molecule has 84 valence electrons. The number of alkyl halides is 2. The highest BCUT2D eigenvalue weighted by molar-refractivity contribution is 5.39. The highest BCUT2D eigenvalue weighted by Crippen LogP contribution is 2.33. The van der Waals surface area contributed by atoms with Gasteiger partial charge in [0.25, 0.3) is 6.43 Å². The molecule has 1 aromatic carbocycles. The van der Waals surface area contributed by atoms with Gasteiger partial charge in [0.05, 0.1) is 7.11 Å². The second-order valence-electron chi connectivity index (χ2n) is 3.45. The van der Waals surface area contributed by atoms with E-state index in [-0.39, 0.29) is 0 Å². The van der Waals surface area contributed by atoms with Gasteiger partial charge in [-0.05, 0) is 20.0 Å². The van der Waals surface area contributed by atoms with Gasteiger partial charge in [-0.15, -0.1) is 0 Å². The number of rotatable bonds is 4. The zero-order valence-corrected chi connectivity index (χ0v) is 9.05. The second kappa shape index (κ2) is 4.57. The Morgan fingerprint density at radius 1 is 1.33 bits per heavy atom. The summed E-state index contributed by atoms with van der Waals surface area (Å²) in [5.41, 5.74) is -0.919. The van der Waals surface area contributed by atoms with Crippen molar-refractivity contribution in [1.82, 2.24) is 5.32 Å². The Kier molecular flexibility index (Phi) is 3.63. The predicted molar refractivity (Wildman–Crippen MR) is 55.4 cm³/mol. The highest BCUT2D eigenvalue weighted by atomic mass is 19.3. The van der Waals surface area contributed by atoms with Crippen molar-refractivity contribution in [3.8, 4) is 5.75 Å². The number of halogens is 2. The smallest absolute Gasteiger partial charge is 0.260 e. The molecule has 1 N–H and O–H groups in total. The van der Waals surface area contributed by atoms with Crippen LogP contribution in [0.5, 0.6) is 5.75 Å². The van der Waals surface area contributed by atoms with Gasteiger partial charge in [-0.3, -0.25) is 0 Å². The zero-order chi connectivity index (χ0) is 11.5. The van der Waals surface area contributed by atoms with E-state index in [1.807, 2.05) is 0 Å². The topological polar surface area (TPSA) is 21.3 Å². The predicted octanol–water partition coefficient (Wildman–Crippen LogP) is 2.39. The largest absolute Gasteiger partial charge is 0.496 e. The molecule has 1 unspecified atom stereocenters. The van der Waals surface area contributed by atoms with Gasteiger partial charge >= 0.3 is 0 Å². The summed E-state index contributed by atoms with van der Waals surface area (Å²) in [6, 6.07) is 6.79. The summed E-state index contributed by atoms with van der Waals surface area (Å²) in [6.07, 6.45) is -2.50. The molecule has 0 aliphatic rings. The molecular formula is C11H15F2NO. The Hall–Kier alpha value is -1.16. The molecule has 0 saturated carbocycles. The maximum absolute atomic E-state index is 13.0. The number of para-hydroxylation sites is 1. The van der Waals surface area contributed by atoms with Crippen molar-refractivity contribution in [2.75, 3.05) is 14.2 Å². The molecule has 0 amide bonds. The van der Waals surface area contributed by atoms with E-state index in [1.54, 1.807) is 24.3 Å². The third-order valence-electron chi connectivity index (χ3n) is 2.62. The lowest BCUT2D eigenvalue weighted by Gasteiger charge is -2.30. The molecule has 0 bridgehead atoms. The van der Waals surface area contributed by atoms with Crippen molar-refractivity contribution < 1.29 is 13.5 Å². The van der Waals surface area contributed by atoms with E-state index in [4.69, 9.17) is 4.74 Å². The maximum atomic E-state index is 13.0. The molecule has 4 heteroatoms. The van der Waals surface area contributed by atoms with Gasteiger partial charge in [-0.25, -0.2) is 8.78 Å². The van der Waals surface area contributed by atoms with Crippen molar-refractivity contribution in [2.45, 2.75) is 18.9 Å². The van der Waals surface area contributed by atoms with Crippen LogP contribution in [-0.4, -0.2) is 20.6 Å². The molecule has 0 aliphatic heterocycles. The lowest BCUT2D eigenvalue weighted by molar-refractivity contribution is 0.0417. The summed E-state index contributed by atoms with van der Waals surface area (Å²) in [5, 5.41) is 2.64. The first-order valence-electron chi connectivity index (χ1n) is 4.66. The van der Waals surface area contributed by atoms with Crippen molar-refractivity contribution in [1.29, 1.82) is 0 Å². The van der Waals surface area contributed by atoms with E-state index in [0.717, 1.165) is 0 Å². The Morgan fingerprint density at radius 3 is 2.40 bits per heavy atom. The van der Waals surface area contributed by atoms with Crippen LogP contribution in [-0.2, 0) is 5.54 Å². The van der Waals surface area contributed by atoms with Crippen LogP contribution in [0.25, 0.3) is 0 Å². The van der Waals surface area contributed by atoms with Crippen molar-refractivity contribution >= 4 is 0 Å². The van der Waals surface area contributed by atoms with Crippen LogP contribution in [0.3, 0.4) is 0 Å². The molecule has 0 saturated heterocycles. The van der Waals surface area contributed by atoms with E-state index in [9.17, 15) is 8.78 Å². The third-order valence-corrected chi connectivity index (χ3v) is 2.62. The Balaban J connectivity index is 3.23. The second-order valence-corrected chi connectivity index (χ2v) is 3.45. The minimum atomic E-state index is -2.50. The summed E-state index contributed by atoms with van der Waals surface area (Å²) in [4.78, 5) is 0. The number of benzene rings is 1. The summed E-state index contributed by atoms with van der Waals surface area (Å²) in [5.74, 6) is 0.467. The molecular weight excluding hydrogens is 200 g/mol. The van der Waals surface area contributed by atoms with Gasteiger partial charge in [0.1, 0.15) is 11.3 Å². The van der Waals surface area contributed by atoms with E-state index in [0.29, 0.717) is 11.3 Å². The van der Waals surface area contributed by atoms with Gasteiger partial charge in [-0.2, -0.15) is 0 Å². The van der Waals surface area contributed by atoms with Crippen LogP contribution in [0.2, 0.25) is 0 Å². The number of methoxy groups -OCH3 is 1. The molecule has 0 heterocycles. The summed E-state index contributed by atoms with van der Waals surface area (Å²) in [6.45, 7) is 1.45. The molecule has 15 heavy (non-hydrogen) atoms. The minimum absolute atomic E-state index is 0.463. The van der Waals surface area contributed by atoms with E-state index in [1.165, 1.54) is 21.1 Å². The van der Waals surface area contributed by atoms with Gasteiger partial charge in [0.15, 0.2) is 0 Å². The van der Waals surface area contributed by atoms with Crippen molar-refractivity contribution in [3.63, 3.8) is 0 Å². The van der Waals surface area contributed by atoms with E-state index in [2.05, 4.69) is 5.32 Å². The van der Waals surface area contributed by atoms with E-state index >= 15 is 0 Å². The molecule has 0 fully saturated rings. The first-order valence-corrected chi connectivity index (χ1v) is 4.66. The van der Waals surface area contributed by atoms with Crippen LogP contribution < -0.4 is 10.1 Å². The summed E-state index contributed by atoms with van der Waals surface area (Å²) in [7, 11) is 2.99. The molecule has 0 spiro atoms. The van der Waals surface area contributed by atoms with Crippen LogP contribution in [0.4, 0.5) is 8.78 Å². The minimum Gasteiger partial charge on any atom is -0.496 e. The fourth-order valence-corrected chi connectivity index (χ4v) is 1.44. The highest BCUT2D eigenvalue weighted by Gasteiger charge is 2.37. The molecule has 0 aliphatic carbocycles. The number of hydrogen-bond donors (Lipinski definition) is 1. The normalized spacial score (nSPS) is 15.1. The Morgan fingerprint density at radius 2 is 1.93 bits per heavy atom. The number of ether oxygens (including phenoxy) is 1. The summed E-state index contributed by atoms with van der Waals surface area (Å²) >= 11 is 0. The Labute approximate surface area is 88.3 Å². The van der Waals surface area contributed by atoms with Crippen LogP contribution in [0.15, 0.2) is 24.3 Å². The Bertz CT molecular complexity index is 330. The van der Waals surface area contributed by atoms with E-state index < -0.39 is 12.0 Å². The lowest BCUT2D eigenvalue weighted by atomic mass is 9.92. The van der Waals surface area contributed by atoms with Gasteiger partial charge < -0.3 is 10.1 Å². The first kappa shape index (κ1) is 11.9. The molecule has 1 aromatic rings. The molecule has 0 aromatic heterocycles. The molecule has 1 rings (SSSR count). The standard InChI is InChI=1S/C11H15F2NO/c1-11(14-2,10(12)13)8-6-4-5-7-9(8)15-3/h4-7,10,14H,1-3H3. The van der Waals surface area contributed by atoms with Crippen molar-refractivity contribution in [3.05, 3.63) is 29.8 Å². The SMILES string of the molecule is CNC(C)(c1ccccc1OC)C(F)F. The van der Waals surface area contributed by atoms with Crippen LogP contribution >= 0.6 is 0 Å². The third kappa shape index (κ3) is 2.09. The average Bonchev–Trinajstić information content (AvgIpc) is 2.27. The van der Waals surface area contributed by atoms with Crippen molar-refractivity contribution in [2.24, 2.45) is 0 Å². The molecule has 0 radical (unpaired) electrons. The average molecular weight is 215 g/mol. The fourth-order valence-electron chi connectivity index (χ4n) is 1.44. The summed E-state index contributed by atoms with van der Waals surface area (Å²) < 4.78 is 31.0. The quantitative estimate of drug-likeness (QED) is 0.832. The van der Waals surface area contributed by atoms with Gasteiger partial charge in [0.2, 0.25) is 0 Å². The molecule has 2 nitrogen and oxygen atoms in total. The molecule has 1 atom stereocenters. The zero-order valence-electron chi connectivity index (χ0n) is 9.05. The van der Waals surface area contributed by atoms with Crippen LogP contribution in [0.1, 0.15) is 12.5 Å². The first-order chi connectivity index (χ1) is 7.06. The lowest BCUT2D eigenvalue weighted by Crippen LogP contribution is -2.43. The van der Waals surface area contributed by atoms with Crippen LogP contribution in [0, 0.1) is 0 Å². The van der Waals surface area contributed by atoms with Gasteiger partial charge in [0, 0.05) is 5.56 Å². The monoisotopic (exact) mass is 215 g/mol. The maximum Gasteiger partial charge on any atom is 0.260 e. The number of hydrogen-bond acceptors (Lipinski definition) is 2.